The summed E-state index contributed by atoms with van der Waals surface area (Å²) in [6.45, 7) is 3.32. The summed E-state index contributed by atoms with van der Waals surface area (Å²) in [7, 11) is 0. The summed E-state index contributed by atoms with van der Waals surface area (Å²) < 4.78 is 31.5. The first kappa shape index (κ1) is 19.1. The van der Waals surface area contributed by atoms with Crippen molar-refractivity contribution in [2.75, 3.05) is 5.32 Å². The number of benzene rings is 1. The molecule has 0 spiro atoms. The monoisotopic (exact) mass is 408 g/mol. The number of carbonyl (C=O) groups excluding carboxylic acids is 2. The normalized spacial score (nSPS) is 11.9. The molecular formula is C18H14F2N2O3S2. The molecule has 0 saturated heterocycles. The first-order chi connectivity index (χ1) is 12.8. The number of anilines is 1. The van der Waals surface area contributed by atoms with Gasteiger partial charge in [0.05, 0.1) is 5.69 Å². The van der Waals surface area contributed by atoms with Crippen LogP contribution < -0.4 is 5.32 Å². The van der Waals surface area contributed by atoms with Gasteiger partial charge in [-0.1, -0.05) is 0 Å². The molecule has 5 nitrogen and oxygen atoms in total. The molecule has 1 atom stereocenters. The number of thiazole rings is 1. The van der Waals surface area contributed by atoms with Crippen LogP contribution in [0.2, 0.25) is 0 Å². The van der Waals surface area contributed by atoms with Crippen molar-refractivity contribution < 1.29 is 23.1 Å². The Balaban J connectivity index is 1.63. The summed E-state index contributed by atoms with van der Waals surface area (Å²) in [5.41, 5.74) is 0.783. The summed E-state index contributed by atoms with van der Waals surface area (Å²) in [5, 5.41) is 4.41. The van der Waals surface area contributed by atoms with Gasteiger partial charge in [0.15, 0.2) is 22.9 Å². The number of aryl methyl sites for hydroxylation is 1. The molecule has 1 aromatic carbocycles. The van der Waals surface area contributed by atoms with E-state index in [0.717, 1.165) is 28.3 Å². The van der Waals surface area contributed by atoms with E-state index in [4.69, 9.17) is 4.74 Å². The minimum atomic E-state index is -1.02. The molecule has 0 aliphatic heterocycles. The number of halogens is 2. The Bertz CT molecular complexity index is 1000. The van der Waals surface area contributed by atoms with Gasteiger partial charge in [0.2, 0.25) is 0 Å². The number of amides is 1. The SMILES string of the molecule is Cc1ccc(C(=O)O[C@H](C)C(=O)Nc2nc(-c3ccc(F)c(F)c3)cs2)s1. The molecule has 140 valence electrons. The Morgan fingerprint density at radius 3 is 2.63 bits per heavy atom. The number of carbonyl (C=O) groups is 2. The molecule has 27 heavy (non-hydrogen) atoms. The number of thiophene rings is 1. The van der Waals surface area contributed by atoms with Crippen molar-refractivity contribution in [2.45, 2.75) is 20.0 Å². The maximum atomic E-state index is 13.3. The standard InChI is InChI=1S/C18H14F2N2O3S2/c1-9-3-6-15(27-9)17(24)25-10(2)16(23)22-18-21-14(8-26-18)11-4-5-12(19)13(20)7-11/h3-8,10H,1-2H3,(H,21,22,23)/t10-/m1/s1. The fourth-order valence-electron chi connectivity index (χ4n) is 2.14. The van der Waals surface area contributed by atoms with Gasteiger partial charge in [0, 0.05) is 15.8 Å². The summed E-state index contributed by atoms with van der Waals surface area (Å²) >= 11 is 2.40. The van der Waals surface area contributed by atoms with Crippen molar-refractivity contribution in [1.29, 1.82) is 0 Å². The summed E-state index contributed by atoms with van der Waals surface area (Å²) in [6, 6.07) is 6.87. The van der Waals surface area contributed by atoms with Crippen LogP contribution in [0.5, 0.6) is 0 Å². The second-order valence-electron chi connectivity index (χ2n) is 5.61. The lowest BCUT2D eigenvalue weighted by Crippen LogP contribution is -2.29. The molecule has 0 bridgehead atoms. The summed E-state index contributed by atoms with van der Waals surface area (Å²) in [5.74, 6) is -3.03. The first-order valence-electron chi connectivity index (χ1n) is 7.82. The molecule has 0 aliphatic rings. The average molecular weight is 408 g/mol. The quantitative estimate of drug-likeness (QED) is 0.625. The van der Waals surface area contributed by atoms with Crippen molar-refractivity contribution in [3.05, 3.63) is 57.1 Å². The Hall–Kier alpha value is -2.65. The number of aromatic nitrogens is 1. The molecule has 0 unspecified atom stereocenters. The second-order valence-corrected chi connectivity index (χ2v) is 7.76. The maximum Gasteiger partial charge on any atom is 0.349 e. The molecule has 1 amide bonds. The number of hydrogen-bond donors (Lipinski definition) is 1. The fourth-order valence-corrected chi connectivity index (χ4v) is 3.62. The largest absolute Gasteiger partial charge is 0.448 e. The number of hydrogen-bond acceptors (Lipinski definition) is 6. The Labute approximate surface area is 161 Å². The van der Waals surface area contributed by atoms with Crippen LogP contribution in [0.1, 0.15) is 21.5 Å². The number of rotatable bonds is 5. The molecule has 0 radical (unpaired) electrons. The molecule has 3 rings (SSSR count). The van der Waals surface area contributed by atoms with Crippen LogP contribution in [0.25, 0.3) is 11.3 Å². The highest BCUT2D eigenvalue weighted by Crippen LogP contribution is 2.26. The third kappa shape index (κ3) is 4.55. The minimum absolute atomic E-state index is 0.259. The smallest absolute Gasteiger partial charge is 0.349 e. The van der Waals surface area contributed by atoms with Crippen LogP contribution in [0.4, 0.5) is 13.9 Å². The van der Waals surface area contributed by atoms with Crippen LogP contribution in [0, 0.1) is 18.6 Å². The van der Waals surface area contributed by atoms with Crippen LogP contribution >= 0.6 is 22.7 Å². The minimum Gasteiger partial charge on any atom is -0.448 e. The maximum absolute atomic E-state index is 13.3. The van der Waals surface area contributed by atoms with Crippen LogP contribution in [0.3, 0.4) is 0 Å². The number of nitrogens with one attached hydrogen (secondary N) is 1. The third-order valence-corrected chi connectivity index (χ3v) is 5.28. The van der Waals surface area contributed by atoms with Gasteiger partial charge in [-0.05, 0) is 44.2 Å². The van der Waals surface area contributed by atoms with Gasteiger partial charge in [-0.15, -0.1) is 22.7 Å². The lowest BCUT2D eigenvalue weighted by atomic mass is 10.2. The zero-order valence-electron chi connectivity index (χ0n) is 14.3. The van der Waals surface area contributed by atoms with E-state index in [9.17, 15) is 18.4 Å². The number of ether oxygens (including phenoxy) is 1. The van der Waals surface area contributed by atoms with E-state index in [0.29, 0.717) is 16.1 Å². The predicted octanol–water partition coefficient (Wildman–Crippen LogP) is 4.64. The highest BCUT2D eigenvalue weighted by Gasteiger charge is 2.21. The van der Waals surface area contributed by atoms with E-state index in [1.807, 2.05) is 6.92 Å². The van der Waals surface area contributed by atoms with Crippen LogP contribution in [0.15, 0.2) is 35.7 Å². The van der Waals surface area contributed by atoms with Crippen molar-refractivity contribution >= 4 is 39.7 Å². The molecule has 0 aliphatic carbocycles. The Kier molecular flexibility index (Phi) is 5.62. The van der Waals surface area contributed by atoms with E-state index in [2.05, 4.69) is 10.3 Å². The van der Waals surface area contributed by atoms with E-state index in [-0.39, 0.29) is 5.13 Å². The zero-order valence-corrected chi connectivity index (χ0v) is 15.9. The summed E-state index contributed by atoms with van der Waals surface area (Å²) in [6.07, 6.45) is -1.02. The molecule has 3 aromatic rings. The lowest BCUT2D eigenvalue weighted by molar-refractivity contribution is -0.123. The zero-order chi connectivity index (χ0) is 19.6. The van der Waals surface area contributed by atoms with Crippen molar-refractivity contribution in [3.8, 4) is 11.3 Å². The van der Waals surface area contributed by atoms with Crippen molar-refractivity contribution in [1.82, 2.24) is 4.98 Å². The van der Waals surface area contributed by atoms with Crippen molar-refractivity contribution in [2.24, 2.45) is 0 Å². The molecule has 9 heteroatoms. The van der Waals surface area contributed by atoms with Crippen LogP contribution in [-0.4, -0.2) is 23.0 Å². The third-order valence-electron chi connectivity index (χ3n) is 3.54. The predicted molar refractivity (Wildman–Crippen MR) is 100 cm³/mol. The summed E-state index contributed by atoms with van der Waals surface area (Å²) in [4.78, 5) is 29.8. The van der Waals surface area contributed by atoms with Gasteiger partial charge in [-0.2, -0.15) is 0 Å². The fraction of sp³-hybridized carbons (Fsp3) is 0.167. The molecule has 1 N–H and O–H groups in total. The number of esters is 1. The average Bonchev–Trinajstić information content (AvgIpc) is 3.26. The van der Waals surface area contributed by atoms with Crippen LogP contribution in [-0.2, 0) is 9.53 Å². The van der Waals surface area contributed by atoms with Gasteiger partial charge in [0.1, 0.15) is 4.88 Å². The lowest BCUT2D eigenvalue weighted by Gasteiger charge is -2.11. The van der Waals surface area contributed by atoms with Crippen molar-refractivity contribution in [3.63, 3.8) is 0 Å². The first-order valence-corrected chi connectivity index (χ1v) is 9.52. The van der Waals surface area contributed by atoms with Gasteiger partial charge < -0.3 is 4.74 Å². The van der Waals surface area contributed by atoms with Gasteiger partial charge in [0.25, 0.3) is 5.91 Å². The molecule has 0 fully saturated rings. The van der Waals surface area contributed by atoms with Gasteiger partial charge >= 0.3 is 5.97 Å². The second kappa shape index (κ2) is 7.93. The Morgan fingerprint density at radius 1 is 1.19 bits per heavy atom. The highest BCUT2D eigenvalue weighted by molar-refractivity contribution is 7.14. The highest BCUT2D eigenvalue weighted by atomic mass is 32.1. The molecule has 2 aromatic heterocycles. The molecular weight excluding hydrogens is 394 g/mol. The van der Waals surface area contributed by atoms with Gasteiger partial charge in [-0.3, -0.25) is 10.1 Å². The number of nitrogens with zero attached hydrogens (tertiary/aromatic N) is 1. The van der Waals surface area contributed by atoms with Gasteiger partial charge in [-0.25, -0.2) is 18.6 Å². The van der Waals surface area contributed by atoms with E-state index in [1.54, 1.807) is 17.5 Å². The molecule has 2 heterocycles. The Morgan fingerprint density at radius 2 is 1.96 bits per heavy atom. The van der Waals surface area contributed by atoms with E-state index < -0.39 is 29.6 Å². The van der Waals surface area contributed by atoms with E-state index >= 15 is 0 Å². The topological polar surface area (TPSA) is 68.3 Å². The van der Waals surface area contributed by atoms with E-state index in [1.165, 1.54) is 24.3 Å². The molecule has 0 saturated carbocycles.